The summed E-state index contributed by atoms with van der Waals surface area (Å²) in [7, 11) is 0. The number of carbonyl (C=O) groups is 2. The van der Waals surface area contributed by atoms with Gasteiger partial charge in [-0.15, -0.1) is 0 Å². The van der Waals surface area contributed by atoms with Gasteiger partial charge in [-0.25, -0.2) is 0 Å². The van der Waals surface area contributed by atoms with Gasteiger partial charge in [0.05, 0.1) is 25.4 Å². The first kappa shape index (κ1) is 67.4. The molecule has 1 aliphatic heterocycles. The van der Waals surface area contributed by atoms with Crippen molar-refractivity contribution in [2.45, 2.75) is 301 Å². The molecule has 0 bridgehead atoms. The van der Waals surface area contributed by atoms with Crippen molar-refractivity contribution in [1.82, 2.24) is 5.32 Å². The fourth-order valence-corrected chi connectivity index (χ4v) is 8.89. The third-order valence-electron chi connectivity index (χ3n) is 13.6. The molecular weight excluding hydrogens is 907 g/mol. The molecule has 0 aromatic carbocycles. The van der Waals surface area contributed by atoms with Gasteiger partial charge in [-0.05, 0) is 89.9 Å². The van der Waals surface area contributed by atoms with E-state index in [4.69, 9.17) is 14.2 Å². The lowest BCUT2D eigenvalue weighted by molar-refractivity contribution is -0.305. The first-order chi connectivity index (χ1) is 35.2. The van der Waals surface area contributed by atoms with Crippen LogP contribution in [0.4, 0.5) is 0 Å². The molecule has 72 heavy (non-hydrogen) atoms. The van der Waals surface area contributed by atoms with Crippen LogP contribution in [0.5, 0.6) is 0 Å². The van der Waals surface area contributed by atoms with E-state index in [1.165, 1.54) is 116 Å². The average molecular weight is 1020 g/mol. The van der Waals surface area contributed by atoms with Crippen molar-refractivity contribution in [3.05, 3.63) is 60.8 Å². The molecular formula is C61H109NO10. The molecule has 1 fully saturated rings. The van der Waals surface area contributed by atoms with Crippen molar-refractivity contribution in [3.8, 4) is 0 Å². The number of amides is 1. The molecule has 1 amide bonds. The Labute approximate surface area is 439 Å². The molecule has 1 rings (SSSR count). The zero-order valence-corrected chi connectivity index (χ0v) is 46.0. The third kappa shape index (κ3) is 37.1. The Balaban J connectivity index is 2.74. The fourth-order valence-electron chi connectivity index (χ4n) is 8.89. The van der Waals surface area contributed by atoms with Crippen LogP contribution in [0.3, 0.4) is 0 Å². The van der Waals surface area contributed by atoms with E-state index in [9.17, 15) is 35.1 Å². The van der Waals surface area contributed by atoms with Crippen molar-refractivity contribution in [2.75, 3.05) is 13.2 Å². The van der Waals surface area contributed by atoms with Crippen LogP contribution in [-0.2, 0) is 23.8 Å². The van der Waals surface area contributed by atoms with Gasteiger partial charge in [-0.3, -0.25) is 9.59 Å². The summed E-state index contributed by atoms with van der Waals surface area (Å²) in [4.78, 5) is 26.4. The van der Waals surface area contributed by atoms with Crippen LogP contribution >= 0.6 is 0 Å². The summed E-state index contributed by atoms with van der Waals surface area (Å²) < 4.78 is 17.5. The van der Waals surface area contributed by atoms with Gasteiger partial charge in [0.1, 0.15) is 24.4 Å². The number of hydrogen-bond acceptors (Lipinski definition) is 10. The summed E-state index contributed by atoms with van der Waals surface area (Å²) in [5.41, 5.74) is 0. The summed E-state index contributed by atoms with van der Waals surface area (Å²) in [6.45, 7) is 5.72. The van der Waals surface area contributed by atoms with Gasteiger partial charge in [-0.2, -0.15) is 0 Å². The van der Waals surface area contributed by atoms with Crippen molar-refractivity contribution in [2.24, 2.45) is 0 Å². The Morgan fingerprint density at radius 3 is 1.47 bits per heavy atom. The largest absolute Gasteiger partial charge is 0.454 e. The highest BCUT2D eigenvalue weighted by molar-refractivity contribution is 5.80. The minimum Gasteiger partial charge on any atom is -0.454 e. The lowest BCUT2D eigenvalue weighted by Gasteiger charge is -2.41. The van der Waals surface area contributed by atoms with Crippen LogP contribution < -0.4 is 5.32 Å². The lowest BCUT2D eigenvalue weighted by Crippen LogP contribution is -2.61. The highest BCUT2D eigenvalue weighted by atomic mass is 16.7. The number of rotatable bonds is 49. The minimum absolute atomic E-state index is 0.101. The fraction of sp³-hybridized carbons (Fsp3) is 0.803. The predicted molar refractivity (Wildman–Crippen MR) is 296 cm³/mol. The number of allylic oxidation sites excluding steroid dienone is 9. The Bertz CT molecular complexity index is 1400. The van der Waals surface area contributed by atoms with Crippen molar-refractivity contribution in [3.63, 3.8) is 0 Å². The SMILES string of the molecule is CCCCC/C=C\C/C=C\C/C=C\CCCCCCCC(O)C(=O)NC(COC1OC(CO)C(O)C(O)C1OC(=O)CCCCC/C=C\CCCCCCCC)C(O)/C=C/CCCCCCCCCCCC. The molecule has 0 radical (unpaired) electrons. The molecule has 0 aromatic rings. The zero-order valence-electron chi connectivity index (χ0n) is 46.0. The third-order valence-corrected chi connectivity index (χ3v) is 13.6. The molecule has 0 aliphatic carbocycles. The maximum atomic E-state index is 13.4. The molecule has 0 spiro atoms. The molecule has 418 valence electrons. The average Bonchev–Trinajstić information content (AvgIpc) is 3.38. The summed E-state index contributed by atoms with van der Waals surface area (Å²) in [6.07, 6.45) is 49.7. The van der Waals surface area contributed by atoms with Crippen molar-refractivity contribution < 1.29 is 49.3 Å². The number of hydrogen-bond donors (Lipinski definition) is 6. The van der Waals surface area contributed by atoms with Gasteiger partial charge in [0.2, 0.25) is 5.91 Å². The van der Waals surface area contributed by atoms with Gasteiger partial charge in [0.15, 0.2) is 12.4 Å². The van der Waals surface area contributed by atoms with E-state index in [2.05, 4.69) is 74.7 Å². The molecule has 1 saturated heterocycles. The molecule has 11 nitrogen and oxygen atoms in total. The van der Waals surface area contributed by atoms with E-state index in [0.717, 1.165) is 89.9 Å². The molecule has 8 unspecified atom stereocenters. The highest BCUT2D eigenvalue weighted by Crippen LogP contribution is 2.26. The van der Waals surface area contributed by atoms with Gasteiger partial charge < -0.3 is 45.1 Å². The predicted octanol–water partition coefficient (Wildman–Crippen LogP) is 13.4. The number of unbranched alkanes of at least 4 members (excludes halogenated alkanes) is 27. The number of ether oxygens (including phenoxy) is 3. The topological polar surface area (TPSA) is 175 Å². The van der Waals surface area contributed by atoms with Crippen LogP contribution in [0.2, 0.25) is 0 Å². The second-order valence-corrected chi connectivity index (χ2v) is 20.4. The standard InChI is InChI=1S/C61H109NO10/c1-4-7-10-13-16-19-22-25-26-27-28-29-31-33-36-39-42-45-48-54(65)60(69)62-52(53(64)47-44-41-38-35-32-24-21-18-15-12-9-6-3)51-70-61-59(58(68)57(67)55(50-63)71-61)72-56(66)49-46-43-40-37-34-30-23-20-17-14-11-8-5-2/h16,19,25-26,28-30,34,44,47,52-55,57-59,61,63-65,67-68H,4-15,17-18,20-24,27,31-33,35-43,45-46,48-51H2,1-3H3,(H,62,69)/b19-16-,26-25-,29-28-,34-30-,47-44+. The second kappa shape index (κ2) is 49.2. The van der Waals surface area contributed by atoms with E-state index in [-0.39, 0.29) is 19.4 Å². The normalized spacial score (nSPS) is 19.9. The number of aliphatic hydroxyl groups excluding tert-OH is 5. The molecule has 1 heterocycles. The number of aliphatic hydroxyl groups is 5. The number of nitrogens with one attached hydrogen (secondary N) is 1. The van der Waals surface area contributed by atoms with Gasteiger partial charge >= 0.3 is 5.97 Å². The Morgan fingerprint density at radius 1 is 0.542 bits per heavy atom. The monoisotopic (exact) mass is 1020 g/mol. The summed E-state index contributed by atoms with van der Waals surface area (Å²) in [6, 6.07) is -1.03. The molecule has 6 N–H and O–H groups in total. The first-order valence-corrected chi connectivity index (χ1v) is 29.6. The van der Waals surface area contributed by atoms with Gasteiger partial charge in [-0.1, -0.05) is 216 Å². The maximum absolute atomic E-state index is 13.4. The zero-order chi connectivity index (χ0) is 52.5. The van der Waals surface area contributed by atoms with Gasteiger partial charge in [0, 0.05) is 6.42 Å². The van der Waals surface area contributed by atoms with Crippen molar-refractivity contribution >= 4 is 11.9 Å². The summed E-state index contributed by atoms with van der Waals surface area (Å²) >= 11 is 0. The molecule has 11 heteroatoms. The van der Waals surface area contributed by atoms with E-state index in [1.807, 2.05) is 6.08 Å². The Morgan fingerprint density at radius 2 is 0.958 bits per heavy atom. The van der Waals surface area contributed by atoms with Crippen molar-refractivity contribution in [1.29, 1.82) is 0 Å². The van der Waals surface area contributed by atoms with E-state index >= 15 is 0 Å². The van der Waals surface area contributed by atoms with E-state index < -0.39 is 67.4 Å². The first-order valence-electron chi connectivity index (χ1n) is 29.6. The molecule has 1 aliphatic rings. The quantitative estimate of drug-likeness (QED) is 0.0195. The molecule has 0 aromatic heterocycles. The molecule has 0 saturated carbocycles. The Kier molecular flexibility index (Phi) is 46.1. The highest BCUT2D eigenvalue weighted by Gasteiger charge is 2.47. The van der Waals surface area contributed by atoms with Crippen LogP contribution in [0, 0.1) is 0 Å². The minimum atomic E-state index is -1.62. The van der Waals surface area contributed by atoms with Gasteiger partial charge in [0.25, 0.3) is 0 Å². The summed E-state index contributed by atoms with van der Waals surface area (Å²) in [5.74, 6) is -1.22. The number of carbonyl (C=O) groups excluding carboxylic acids is 2. The summed E-state index contributed by atoms with van der Waals surface area (Å²) in [5, 5.41) is 56.8. The van der Waals surface area contributed by atoms with Crippen LogP contribution in [0.15, 0.2) is 60.8 Å². The smallest absolute Gasteiger partial charge is 0.306 e. The maximum Gasteiger partial charge on any atom is 0.306 e. The number of esters is 1. The van der Waals surface area contributed by atoms with Crippen LogP contribution in [-0.4, -0.2) is 99.6 Å². The Hall–Kier alpha value is -2.64. The molecule has 8 atom stereocenters. The second-order valence-electron chi connectivity index (χ2n) is 20.4. The van der Waals surface area contributed by atoms with Crippen LogP contribution in [0.1, 0.15) is 252 Å². The lowest BCUT2D eigenvalue weighted by atomic mass is 9.99. The van der Waals surface area contributed by atoms with E-state index in [0.29, 0.717) is 12.8 Å². The van der Waals surface area contributed by atoms with Crippen LogP contribution in [0.25, 0.3) is 0 Å². The van der Waals surface area contributed by atoms with E-state index in [1.54, 1.807) is 6.08 Å².